The first-order valence-electron chi connectivity index (χ1n) is 8.37. The molecule has 0 rings (SSSR count). The molecule has 0 aromatic rings. The van der Waals surface area contributed by atoms with Gasteiger partial charge in [0.05, 0.1) is 21.1 Å². The van der Waals surface area contributed by atoms with Crippen LogP contribution < -0.4 is 11.5 Å². The number of carboxylic acids is 3. The van der Waals surface area contributed by atoms with Crippen LogP contribution in [0.15, 0.2) is 0 Å². The van der Waals surface area contributed by atoms with E-state index in [0.29, 0.717) is 11.0 Å². The number of carbonyl (C=O) groups excluding carboxylic acids is 1. The predicted octanol–water partition coefficient (Wildman–Crippen LogP) is -2.77. The maximum Gasteiger partial charge on any atom is 0.338 e. The Kier molecular flexibility index (Phi) is 15.5. The van der Waals surface area contributed by atoms with Crippen molar-refractivity contribution in [3.63, 3.8) is 0 Å². The second-order valence-corrected chi connectivity index (χ2v) is 9.42. The van der Waals surface area contributed by atoms with Gasteiger partial charge < -0.3 is 46.2 Å². The second kappa shape index (κ2) is 15.2. The van der Waals surface area contributed by atoms with Crippen LogP contribution >= 0.6 is 21.6 Å². The van der Waals surface area contributed by atoms with Crippen molar-refractivity contribution in [1.29, 1.82) is 0 Å². The Hall–Kier alpha value is -1.62. The van der Waals surface area contributed by atoms with Gasteiger partial charge in [-0.05, 0) is 0 Å². The molecule has 0 bridgehead atoms. The number of hydrogen-bond donors (Lipinski definition) is 7. The fraction of sp³-hybridized carbons (Fsp3) is 0.733. The Balaban J connectivity index is 0. The molecule has 30 heavy (non-hydrogen) atoms. The van der Waals surface area contributed by atoms with Crippen molar-refractivity contribution < 1.29 is 53.9 Å². The van der Waals surface area contributed by atoms with Crippen LogP contribution in [0.4, 0.5) is 0 Å². The summed E-state index contributed by atoms with van der Waals surface area (Å²) in [5.74, 6) is -4.49. The van der Waals surface area contributed by atoms with Crippen molar-refractivity contribution in [2.45, 2.75) is 24.3 Å². The maximum atomic E-state index is 11.1. The number of quaternary nitrogens is 1. The van der Waals surface area contributed by atoms with Crippen molar-refractivity contribution in [2.24, 2.45) is 11.5 Å². The Morgan fingerprint density at radius 1 is 0.833 bits per heavy atom. The third-order valence-electron chi connectivity index (χ3n) is 3.01. The summed E-state index contributed by atoms with van der Waals surface area (Å²) in [6, 6.07) is -1.85. The van der Waals surface area contributed by atoms with Crippen molar-refractivity contribution in [2.75, 3.05) is 45.8 Å². The summed E-state index contributed by atoms with van der Waals surface area (Å²) in [6.45, 7) is 0.563. The Labute approximate surface area is 181 Å². The Morgan fingerprint density at radius 3 is 1.53 bits per heavy atom. The molecule has 0 aliphatic rings. The molecule has 176 valence electrons. The first-order chi connectivity index (χ1) is 13.6. The zero-order chi connectivity index (χ0) is 24.1. The van der Waals surface area contributed by atoms with Gasteiger partial charge in [0.1, 0.15) is 25.2 Å². The van der Waals surface area contributed by atoms with Gasteiger partial charge in [-0.15, -0.1) is 0 Å². The number of carboxylic acid groups (broad SMARTS) is 3. The first-order valence-corrected chi connectivity index (χ1v) is 10.9. The smallest absolute Gasteiger partial charge is 0.338 e. The summed E-state index contributed by atoms with van der Waals surface area (Å²) in [7, 11) is 8.06. The third kappa shape index (κ3) is 16.2. The molecule has 0 saturated carbocycles. The van der Waals surface area contributed by atoms with Gasteiger partial charge in [-0.1, -0.05) is 21.6 Å². The number of nitrogens with two attached hydrogens (primary N) is 2. The summed E-state index contributed by atoms with van der Waals surface area (Å²) in [4.78, 5) is 41.9. The molecule has 4 atom stereocenters. The van der Waals surface area contributed by atoms with Crippen molar-refractivity contribution in [1.82, 2.24) is 0 Å². The van der Waals surface area contributed by atoms with E-state index in [1.165, 1.54) is 21.6 Å². The van der Waals surface area contributed by atoms with Crippen LogP contribution in [0, 0.1) is 0 Å². The molecule has 0 aromatic heterocycles. The highest BCUT2D eigenvalue weighted by Gasteiger charge is 2.31. The van der Waals surface area contributed by atoms with Crippen LogP contribution in [0.1, 0.15) is 0 Å². The summed E-state index contributed by atoms with van der Waals surface area (Å²) >= 11 is 0. The standard InChI is InChI=1S/C9H17NO6.C6H12N2O4S2/c1-10(2,3)4-5-16-9(15)7(12)6(11)8(13)14;7-3(5(9)10)1-13-14-2-4(8)6(11)12/h6-7,11-12H,4-5H2,1-3H3;3-4H,1-2,7-8H2,(H,9,10)(H,11,12)/p+1. The lowest BCUT2D eigenvalue weighted by Gasteiger charge is -2.23. The summed E-state index contributed by atoms with van der Waals surface area (Å²) in [6.07, 6.45) is -4.21. The third-order valence-corrected chi connectivity index (χ3v) is 5.49. The quantitative estimate of drug-likeness (QED) is 0.0617. The predicted molar refractivity (Wildman–Crippen MR) is 110 cm³/mol. The molecule has 0 radical (unpaired) electrons. The van der Waals surface area contributed by atoms with Gasteiger partial charge >= 0.3 is 23.9 Å². The molecule has 0 saturated heterocycles. The van der Waals surface area contributed by atoms with Gasteiger partial charge in [0.25, 0.3) is 0 Å². The Morgan fingerprint density at radius 2 is 1.23 bits per heavy atom. The van der Waals surface area contributed by atoms with E-state index < -0.39 is 48.2 Å². The molecule has 9 N–H and O–H groups in total. The fourth-order valence-electron chi connectivity index (χ4n) is 1.15. The minimum atomic E-state index is -2.16. The minimum Gasteiger partial charge on any atom is -0.480 e. The molecule has 0 aromatic carbocycles. The zero-order valence-electron chi connectivity index (χ0n) is 16.8. The van der Waals surface area contributed by atoms with E-state index in [4.69, 9.17) is 37.0 Å². The van der Waals surface area contributed by atoms with Crippen LogP contribution in [0.2, 0.25) is 0 Å². The minimum absolute atomic E-state index is 0.0474. The largest absolute Gasteiger partial charge is 0.480 e. The highest BCUT2D eigenvalue weighted by atomic mass is 33.1. The fourth-order valence-corrected chi connectivity index (χ4v) is 3.38. The second-order valence-electron chi connectivity index (χ2n) is 6.87. The topological polar surface area (TPSA) is 231 Å². The Bertz CT molecular complexity index is 551. The van der Waals surface area contributed by atoms with Gasteiger partial charge in [-0.25, -0.2) is 9.59 Å². The number of aliphatic carboxylic acids is 3. The van der Waals surface area contributed by atoms with Gasteiger partial charge in [0.2, 0.25) is 0 Å². The van der Waals surface area contributed by atoms with E-state index in [1.807, 2.05) is 21.1 Å². The van der Waals surface area contributed by atoms with Crippen molar-refractivity contribution >= 4 is 45.5 Å². The highest BCUT2D eigenvalue weighted by Crippen LogP contribution is 2.22. The molecule has 13 nitrogen and oxygen atoms in total. The number of ether oxygens (including phenoxy) is 1. The van der Waals surface area contributed by atoms with Crippen LogP contribution in [0.5, 0.6) is 0 Å². The summed E-state index contributed by atoms with van der Waals surface area (Å²) in [5, 5.41) is 43.1. The highest BCUT2D eigenvalue weighted by molar-refractivity contribution is 8.76. The monoisotopic (exact) mass is 476 g/mol. The normalized spacial score (nSPS) is 15.0. The molecular weight excluding hydrogens is 446 g/mol. The molecule has 0 amide bonds. The average Bonchev–Trinajstić information content (AvgIpc) is 2.62. The number of esters is 1. The van der Waals surface area contributed by atoms with Gasteiger partial charge in [-0.2, -0.15) is 0 Å². The number of nitrogens with zero attached hydrogens (tertiary/aromatic N) is 1. The van der Waals surface area contributed by atoms with E-state index in [9.17, 15) is 19.2 Å². The van der Waals surface area contributed by atoms with Gasteiger partial charge in [-0.3, -0.25) is 9.59 Å². The molecule has 4 unspecified atom stereocenters. The first kappa shape index (κ1) is 30.6. The van der Waals surface area contributed by atoms with Crippen LogP contribution in [-0.2, 0) is 23.9 Å². The summed E-state index contributed by atoms with van der Waals surface area (Å²) in [5.41, 5.74) is 10.4. The molecule has 0 heterocycles. The molecular formula is C15H30N3O10S2+. The van der Waals surface area contributed by atoms with E-state index >= 15 is 0 Å². The molecule has 0 aliphatic heterocycles. The molecule has 15 heteroatoms. The molecule has 0 fully saturated rings. The number of hydrogen-bond acceptors (Lipinski definition) is 11. The van der Waals surface area contributed by atoms with Gasteiger partial charge in [0, 0.05) is 11.5 Å². The van der Waals surface area contributed by atoms with Crippen molar-refractivity contribution in [3.05, 3.63) is 0 Å². The number of carbonyl (C=O) groups is 4. The van der Waals surface area contributed by atoms with Crippen LogP contribution in [-0.4, -0.2) is 124 Å². The van der Waals surface area contributed by atoms with Crippen LogP contribution in [0.3, 0.4) is 0 Å². The summed E-state index contributed by atoms with van der Waals surface area (Å²) < 4.78 is 5.18. The van der Waals surface area contributed by atoms with Gasteiger partial charge in [0.15, 0.2) is 12.2 Å². The number of aliphatic hydroxyl groups excluding tert-OH is 2. The molecule has 0 aliphatic carbocycles. The lowest BCUT2D eigenvalue weighted by atomic mass is 10.2. The maximum absolute atomic E-state index is 11.1. The SMILES string of the molecule is C[N+](C)(C)CCOC(=O)C(O)C(O)C(=O)O.NC(CSSCC(N)C(=O)O)C(=O)O. The molecule has 0 spiro atoms. The van der Waals surface area contributed by atoms with E-state index in [0.717, 1.165) is 0 Å². The van der Waals surface area contributed by atoms with E-state index in [2.05, 4.69) is 4.74 Å². The van der Waals surface area contributed by atoms with Crippen LogP contribution in [0.25, 0.3) is 0 Å². The van der Waals surface area contributed by atoms with E-state index in [1.54, 1.807) is 0 Å². The van der Waals surface area contributed by atoms with Crippen molar-refractivity contribution in [3.8, 4) is 0 Å². The lowest BCUT2D eigenvalue weighted by molar-refractivity contribution is -0.870. The number of rotatable bonds is 13. The number of likely N-dealkylation sites (N-methyl/N-ethyl adjacent to an activating group) is 1. The van der Waals surface area contributed by atoms with E-state index in [-0.39, 0.29) is 18.1 Å². The average molecular weight is 477 g/mol. The number of aliphatic hydroxyl groups is 2. The lowest BCUT2D eigenvalue weighted by Crippen LogP contribution is -2.42. The zero-order valence-corrected chi connectivity index (χ0v) is 18.5.